The maximum atomic E-state index is 13.6. The number of carboxylic acid groups (broad SMARTS) is 1. The van der Waals surface area contributed by atoms with Gasteiger partial charge in [0.05, 0.1) is 18.5 Å². The van der Waals surface area contributed by atoms with Crippen LogP contribution in [0.25, 0.3) is 10.6 Å². The normalized spacial score (nSPS) is 14.5. The van der Waals surface area contributed by atoms with Gasteiger partial charge in [-0.25, -0.2) is 9.78 Å². The molecular weight excluding hydrogens is 567 g/mol. The molecule has 2 heterocycles. The maximum absolute atomic E-state index is 13.6. The first kappa shape index (κ1) is 30.4. The fourth-order valence-electron chi connectivity index (χ4n) is 4.44. The fourth-order valence-corrected chi connectivity index (χ4v) is 6.81. The molecular formula is C28H33N4O7PS. The van der Waals surface area contributed by atoms with E-state index in [0.29, 0.717) is 10.3 Å². The average molecular weight is 601 g/mol. The predicted molar refractivity (Wildman–Crippen MR) is 156 cm³/mol. The highest BCUT2D eigenvalue weighted by molar-refractivity contribution is 7.62. The molecule has 0 bridgehead atoms. The zero-order valence-electron chi connectivity index (χ0n) is 22.9. The number of benzene rings is 2. The number of piperazine rings is 1. The summed E-state index contributed by atoms with van der Waals surface area (Å²) in [5.74, 6) is -0.806. The third-order valence-corrected chi connectivity index (χ3v) is 9.53. The van der Waals surface area contributed by atoms with Crippen molar-refractivity contribution in [1.29, 1.82) is 0 Å². The highest BCUT2D eigenvalue weighted by Crippen LogP contribution is 2.46. The largest absolute Gasteiger partial charge is 0.465 e. The van der Waals surface area contributed by atoms with Crippen LogP contribution < -0.4 is 10.6 Å². The van der Waals surface area contributed by atoms with E-state index in [1.807, 2.05) is 30.3 Å². The Morgan fingerprint density at radius 2 is 1.59 bits per heavy atom. The first-order valence-corrected chi connectivity index (χ1v) is 15.7. The number of hydrogen-bond donors (Lipinski definition) is 2. The summed E-state index contributed by atoms with van der Waals surface area (Å²) in [4.78, 5) is 45.5. The SMILES string of the molecule is CCOP(=O)(OCC)c1ccc(C[C@H](NC(=O)c2csc(-c3ccccc3)n2)C(=O)N2CCN(C(=O)O)CC2)cc1. The van der Waals surface area contributed by atoms with Crippen molar-refractivity contribution in [3.05, 3.63) is 71.2 Å². The van der Waals surface area contributed by atoms with E-state index < -0.39 is 25.6 Å². The highest BCUT2D eigenvalue weighted by atomic mass is 32.1. The Kier molecular flexibility index (Phi) is 10.3. The molecule has 0 radical (unpaired) electrons. The van der Waals surface area contributed by atoms with Crippen molar-refractivity contribution in [3.8, 4) is 10.6 Å². The van der Waals surface area contributed by atoms with E-state index in [1.165, 1.54) is 16.2 Å². The summed E-state index contributed by atoms with van der Waals surface area (Å²) in [7, 11) is -3.47. The summed E-state index contributed by atoms with van der Waals surface area (Å²) in [6.45, 7) is 4.73. The van der Waals surface area contributed by atoms with Crippen LogP contribution in [-0.2, 0) is 24.8 Å². The Morgan fingerprint density at radius 1 is 0.976 bits per heavy atom. The van der Waals surface area contributed by atoms with E-state index in [0.717, 1.165) is 11.1 Å². The molecule has 1 aromatic heterocycles. The second-order valence-corrected chi connectivity index (χ2v) is 12.1. The van der Waals surface area contributed by atoms with Gasteiger partial charge < -0.3 is 29.3 Å². The zero-order valence-corrected chi connectivity index (χ0v) is 24.6. The molecule has 1 saturated heterocycles. The summed E-state index contributed by atoms with van der Waals surface area (Å²) in [6.07, 6.45) is -0.871. The molecule has 3 amide bonds. The van der Waals surface area contributed by atoms with Gasteiger partial charge in [0.2, 0.25) is 5.91 Å². The number of thiazole rings is 1. The number of hydrogen-bond acceptors (Lipinski definition) is 8. The van der Waals surface area contributed by atoms with Gasteiger partial charge in [-0.1, -0.05) is 42.5 Å². The Balaban J connectivity index is 1.53. The van der Waals surface area contributed by atoms with E-state index in [1.54, 1.807) is 48.4 Å². The molecule has 2 N–H and O–H groups in total. The van der Waals surface area contributed by atoms with Crippen LogP contribution in [0.4, 0.5) is 4.79 Å². The highest BCUT2D eigenvalue weighted by Gasteiger charge is 2.31. The Bertz CT molecular complexity index is 1380. The lowest BCUT2D eigenvalue weighted by molar-refractivity contribution is -0.134. The summed E-state index contributed by atoms with van der Waals surface area (Å²) in [5.41, 5.74) is 1.81. The molecule has 2 aromatic carbocycles. The lowest BCUT2D eigenvalue weighted by Crippen LogP contribution is -2.56. The second kappa shape index (κ2) is 13.9. The van der Waals surface area contributed by atoms with Crippen LogP contribution in [0.1, 0.15) is 29.9 Å². The van der Waals surface area contributed by atoms with E-state index in [2.05, 4.69) is 10.3 Å². The van der Waals surface area contributed by atoms with E-state index >= 15 is 0 Å². The van der Waals surface area contributed by atoms with Crippen molar-refractivity contribution in [2.24, 2.45) is 0 Å². The topological polar surface area (TPSA) is 138 Å². The number of amides is 3. The number of nitrogens with one attached hydrogen (secondary N) is 1. The molecule has 13 heteroatoms. The van der Waals surface area contributed by atoms with Gasteiger partial charge in [-0.05, 0) is 31.5 Å². The van der Waals surface area contributed by atoms with Crippen LogP contribution in [0.5, 0.6) is 0 Å². The smallest absolute Gasteiger partial charge is 0.407 e. The van der Waals surface area contributed by atoms with Crippen molar-refractivity contribution < 1.29 is 33.1 Å². The molecule has 1 atom stereocenters. The van der Waals surface area contributed by atoms with Gasteiger partial charge >= 0.3 is 13.7 Å². The van der Waals surface area contributed by atoms with Gasteiger partial charge in [-0.3, -0.25) is 14.2 Å². The molecule has 0 spiro atoms. The predicted octanol–water partition coefficient (Wildman–Crippen LogP) is 3.86. The minimum Gasteiger partial charge on any atom is -0.465 e. The Hall–Kier alpha value is -3.57. The molecule has 218 valence electrons. The minimum atomic E-state index is -3.47. The van der Waals surface area contributed by atoms with Crippen molar-refractivity contribution in [1.82, 2.24) is 20.1 Å². The lowest BCUT2D eigenvalue weighted by atomic mass is 10.0. The van der Waals surface area contributed by atoms with E-state index in [4.69, 9.17) is 9.05 Å². The molecule has 1 fully saturated rings. The zero-order chi connectivity index (χ0) is 29.4. The lowest BCUT2D eigenvalue weighted by Gasteiger charge is -2.35. The van der Waals surface area contributed by atoms with E-state index in [9.17, 15) is 24.1 Å². The average Bonchev–Trinajstić information content (AvgIpc) is 3.48. The quantitative estimate of drug-likeness (QED) is 0.317. The Labute approximate surface area is 242 Å². The van der Waals surface area contributed by atoms with Crippen molar-refractivity contribution in [2.75, 3.05) is 39.4 Å². The first-order chi connectivity index (χ1) is 19.7. The summed E-state index contributed by atoms with van der Waals surface area (Å²) < 4.78 is 24.0. The van der Waals surface area contributed by atoms with Crippen LogP contribution in [-0.4, -0.2) is 83.2 Å². The molecule has 0 saturated carbocycles. The molecule has 11 nitrogen and oxygen atoms in total. The molecule has 4 rings (SSSR count). The van der Waals surface area contributed by atoms with Gasteiger partial charge in [0, 0.05) is 43.5 Å². The fraction of sp³-hybridized carbons (Fsp3) is 0.357. The van der Waals surface area contributed by atoms with Crippen LogP contribution in [0.3, 0.4) is 0 Å². The van der Waals surface area contributed by atoms with Crippen molar-refractivity contribution in [3.63, 3.8) is 0 Å². The third kappa shape index (κ3) is 7.59. The van der Waals surface area contributed by atoms with Gasteiger partial charge in [0.15, 0.2) is 0 Å². The van der Waals surface area contributed by atoms with Crippen molar-refractivity contribution in [2.45, 2.75) is 26.3 Å². The monoisotopic (exact) mass is 600 g/mol. The van der Waals surface area contributed by atoms with Crippen LogP contribution in [0.2, 0.25) is 0 Å². The van der Waals surface area contributed by atoms with Crippen LogP contribution in [0, 0.1) is 0 Å². The molecule has 1 aliphatic rings. The maximum Gasteiger partial charge on any atom is 0.407 e. The minimum absolute atomic E-state index is 0.160. The van der Waals surface area contributed by atoms with Crippen LogP contribution >= 0.6 is 18.9 Å². The summed E-state index contributed by atoms with van der Waals surface area (Å²) in [5, 5.41) is 14.8. The van der Waals surface area contributed by atoms with Gasteiger partial charge in [-0.15, -0.1) is 11.3 Å². The number of carbonyl (C=O) groups excluding carboxylic acids is 2. The number of nitrogens with zero attached hydrogens (tertiary/aromatic N) is 3. The summed E-state index contributed by atoms with van der Waals surface area (Å²) >= 11 is 1.33. The number of rotatable bonds is 11. The molecule has 3 aromatic rings. The van der Waals surface area contributed by atoms with Gasteiger partial charge in [0.25, 0.3) is 5.91 Å². The molecule has 0 aliphatic carbocycles. The van der Waals surface area contributed by atoms with E-state index in [-0.39, 0.29) is 57.4 Å². The molecule has 0 unspecified atom stereocenters. The summed E-state index contributed by atoms with van der Waals surface area (Å²) in [6, 6.07) is 15.3. The Morgan fingerprint density at radius 3 is 2.17 bits per heavy atom. The third-order valence-electron chi connectivity index (χ3n) is 6.51. The number of aromatic nitrogens is 1. The standard InChI is InChI=1S/C28H33N4O7PS/c1-3-38-40(37,39-4-2)22-12-10-20(11-13-22)18-23(27(34)31-14-16-32(17-15-31)28(35)36)29-25(33)24-19-41-26(30-24)21-8-6-5-7-9-21/h5-13,19,23H,3-4,14-18H2,1-2H3,(H,29,33)(H,35,36)/t23-/m0/s1. The molecule has 41 heavy (non-hydrogen) atoms. The van der Waals surface area contributed by atoms with Gasteiger partial charge in [-0.2, -0.15) is 0 Å². The number of carbonyl (C=O) groups is 3. The van der Waals surface area contributed by atoms with Gasteiger partial charge in [0.1, 0.15) is 16.7 Å². The first-order valence-electron chi connectivity index (χ1n) is 13.3. The van der Waals surface area contributed by atoms with Crippen LogP contribution in [0.15, 0.2) is 60.0 Å². The molecule has 1 aliphatic heterocycles. The second-order valence-electron chi connectivity index (χ2n) is 9.23. The van der Waals surface area contributed by atoms with Crippen molar-refractivity contribution >= 4 is 42.1 Å².